The lowest BCUT2D eigenvalue weighted by Crippen LogP contribution is -2.30. The van der Waals surface area contributed by atoms with Crippen LogP contribution in [-0.4, -0.2) is 25.4 Å². The molecule has 0 radical (unpaired) electrons. The Morgan fingerprint density at radius 3 is 2.20 bits per heavy atom. The number of nitrogens with zero attached hydrogens (tertiary/aromatic N) is 1. The Balaban J connectivity index is 1.99. The molecule has 2 rings (SSSR count). The van der Waals surface area contributed by atoms with Gasteiger partial charge in [0.2, 0.25) is 10.0 Å². The van der Waals surface area contributed by atoms with E-state index in [0.717, 1.165) is 0 Å². The predicted octanol–water partition coefficient (Wildman–Crippen LogP) is 1.65. The number of benzene rings is 2. The van der Waals surface area contributed by atoms with Gasteiger partial charge in [-0.15, -0.1) is 0 Å². The molecule has 0 unspecified atom stereocenters. The maximum absolute atomic E-state index is 12.1. The smallest absolute Gasteiger partial charge is 0.269 e. The highest BCUT2D eigenvalue weighted by atomic mass is 32.2. The molecular weight excluding hydrogens is 350 g/mol. The molecule has 25 heavy (non-hydrogen) atoms. The standard InChI is InChI=1S/C15H15N3O6S/c1-10(24-13-6-4-12(5-7-13)18(20)21)15(19)17-11-2-8-14(9-3-11)25(16,22)23/h2-10H,1H3,(H,17,19)(H2,16,22,23)/t10-/m0/s1. The van der Waals surface area contributed by atoms with Crippen LogP contribution in [0, 0.1) is 10.1 Å². The minimum atomic E-state index is -3.80. The molecule has 0 fully saturated rings. The zero-order valence-electron chi connectivity index (χ0n) is 13.1. The molecule has 10 heteroatoms. The van der Waals surface area contributed by atoms with Gasteiger partial charge < -0.3 is 10.1 Å². The maximum Gasteiger partial charge on any atom is 0.269 e. The number of non-ortho nitro benzene ring substituents is 1. The molecule has 0 aliphatic rings. The Morgan fingerprint density at radius 1 is 1.16 bits per heavy atom. The number of anilines is 1. The molecule has 132 valence electrons. The molecule has 0 heterocycles. The summed E-state index contributed by atoms with van der Waals surface area (Å²) in [6.07, 6.45) is -0.876. The zero-order valence-corrected chi connectivity index (χ0v) is 13.9. The molecule has 2 aromatic carbocycles. The van der Waals surface area contributed by atoms with Crippen LogP contribution in [0.5, 0.6) is 5.75 Å². The van der Waals surface area contributed by atoms with Crippen LogP contribution < -0.4 is 15.2 Å². The highest BCUT2D eigenvalue weighted by Gasteiger charge is 2.16. The summed E-state index contributed by atoms with van der Waals surface area (Å²) in [7, 11) is -3.80. The van der Waals surface area contributed by atoms with Crippen LogP contribution in [0.15, 0.2) is 53.4 Å². The number of ether oxygens (including phenoxy) is 1. The van der Waals surface area contributed by atoms with Crippen molar-refractivity contribution >= 4 is 27.3 Å². The third kappa shape index (κ3) is 4.99. The average molecular weight is 365 g/mol. The molecule has 0 bridgehead atoms. The lowest BCUT2D eigenvalue weighted by atomic mass is 10.3. The minimum absolute atomic E-state index is 0.0688. The Labute approximate surface area is 143 Å². The Bertz CT molecular complexity index is 878. The summed E-state index contributed by atoms with van der Waals surface area (Å²) in [6, 6.07) is 10.7. The maximum atomic E-state index is 12.1. The third-order valence-electron chi connectivity index (χ3n) is 3.18. The molecule has 1 amide bonds. The van der Waals surface area contributed by atoms with Gasteiger partial charge >= 0.3 is 0 Å². The summed E-state index contributed by atoms with van der Waals surface area (Å²) >= 11 is 0. The van der Waals surface area contributed by atoms with Crippen LogP contribution in [0.3, 0.4) is 0 Å². The van der Waals surface area contributed by atoms with E-state index in [1.165, 1.54) is 55.5 Å². The molecule has 0 saturated heterocycles. The van der Waals surface area contributed by atoms with Gasteiger partial charge in [-0.05, 0) is 43.3 Å². The lowest BCUT2D eigenvalue weighted by molar-refractivity contribution is -0.384. The first kappa shape index (κ1) is 18.4. The van der Waals surface area contributed by atoms with Gasteiger partial charge in [0.1, 0.15) is 5.75 Å². The van der Waals surface area contributed by atoms with Crippen molar-refractivity contribution in [2.45, 2.75) is 17.9 Å². The van der Waals surface area contributed by atoms with E-state index in [4.69, 9.17) is 9.88 Å². The number of sulfonamides is 1. The highest BCUT2D eigenvalue weighted by molar-refractivity contribution is 7.89. The van der Waals surface area contributed by atoms with Gasteiger partial charge in [0.15, 0.2) is 6.10 Å². The summed E-state index contributed by atoms with van der Waals surface area (Å²) in [4.78, 5) is 22.1. The van der Waals surface area contributed by atoms with Crippen LogP contribution in [0.1, 0.15) is 6.92 Å². The predicted molar refractivity (Wildman–Crippen MR) is 89.6 cm³/mol. The molecule has 1 atom stereocenters. The summed E-state index contributed by atoms with van der Waals surface area (Å²) in [5.41, 5.74) is 0.288. The number of nitro groups is 1. The van der Waals surface area contributed by atoms with Gasteiger partial charge in [-0.25, -0.2) is 13.6 Å². The van der Waals surface area contributed by atoms with E-state index >= 15 is 0 Å². The monoisotopic (exact) mass is 365 g/mol. The number of hydrogen-bond donors (Lipinski definition) is 2. The second kappa shape index (κ2) is 7.28. The molecule has 0 saturated carbocycles. The van der Waals surface area contributed by atoms with Gasteiger partial charge in [-0.3, -0.25) is 14.9 Å². The second-order valence-electron chi connectivity index (χ2n) is 5.07. The molecule has 9 nitrogen and oxygen atoms in total. The normalized spacial score (nSPS) is 12.2. The van der Waals surface area contributed by atoms with E-state index in [9.17, 15) is 23.3 Å². The van der Waals surface area contributed by atoms with Crippen LogP contribution >= 0.6 is 0 Å². The van der Waals surface area contributed by atoms with Crippen molar-refractivity contribution in [3.63, 3.8) is 0 Å². The van der Waals surface area contributed by atoms with Crippen molar-refractivity contribution in [3.8, 4) is 5.75 Å². The average Bonchev–Trinajstić information content (AvgIpc) is 2.55. The molecule has 0 aliphatic carbocycles. The number of carbonyl (C=O) groups is 1. The van der Waals surface area contributed by atoms with E-state index in [1.54, 1.807) is 0 Å². The van der Waals surface area contributed by atoms with E-state index in [2.05, 4.69) is 5.32 Å². The van der Waals surface area contributed by atoms with Crippen LogP contribution in [0.25, 0.3) is 0 Å². The van der Waals surface area contributed by atoms with Crippen molar-refractivity contribution in [1.29, 1.82) is 0 Å². The molecule has 0 spiro atoms. The fourth-order valence-electron chi connectivity index (χ4n) is 1.88. The van der Waals surface area contributed by atoms with E-state index in [0.29, 0.717) is 11.4 Å². The van der Waals surface area contributed by atoms with Crippen LogP contribution in [0.2, 0.25) is 0 Å². The first-order chi connectivity index (χ1) is 11.7. The number of rotatable bonds is 6. The molecule has 0 aliphatic heterocycles. The topological polar surface area (TPSA) is 142 Å². The first-order valence-corrected chi connectivity index (χ1v) is 8.56. The fourth-order valence-corrected chi connectivity index (χ4v) is 2.39. The van der Waals surface area contributed by atoms with E-state index in [1.807, 2.05) is 0 Å². The zero-order chi connectivity index (χ0) is 18.6. The second-order valence-corrected chi connectivity index (χ2v) is 6.63. The lowest BCUT2D eigenvalue weighted by Gasteiger charge is -2.14. The Morgan fingerprint density at radius 2 is 1.72 bits per heavy atom. The van der Waals surface area contributed by atoms with Gasteiger partial charge in [0.25, 0.3) is 11.6 Å². The van der Waals surface area contributed by atoms with Crippen molar-refractivity contribution in [1.82, 2.24) is 0 Å². The van der Waals surface area contributed by atoms with Crippen molar-refractivity contribution in [3.05, 3.63) is 58.6 Å². The number of amides is 1. The summed E-state index contributed by atoms with van der Waals surface area (Å²) < 4.78 is 27.8. The van der Waals surface area contributed by atoms with Crippen LogP contribution in [0.4, 0.5) is 11.4 Å². The molecule has 0 aromatic heterocycles. The SMILES string of the molecule is C[C@H](Oc1ccc([N+](=O)[O-])cc1)C(=O)Nc1ccc(S(N)(=O)=O)cc1. The van der Waals surface area contributed by atoms with Crippen molar-refractivity contribution in [2.75, 3.05) is 5.32 Å². The Kier molecular flexibility index (Phi) is 5.35. The molecular formula is C15H15N3O6S. The number of hydrogen-bond acceptors (Lipinski definition) is 6. The third-order valence-corrected chi connectivity index (χ3v) is 4.11. The van der Waals surface area contributed by atoms with Gasteiger partial charge in [0.05, 0.1) is 9.82 Å². The number of nitro benzene ring substituents is 1. The van der Waals surface area contributed by atoms with Gasteiger partial charge in [-0.2, -0.15) is 0 Å². The van der Waals surface area contributed by atoms with Crippen molar-refractivity contribution in [2.24, 2.45) is 5.14 Å². The molecule has 3 N–H and O–H groups in total. The first-order valence-electron chi connectivity index (χ1n) is 7.01. The van der Waals surface area contributed by atoms with Crippen molar-refractivity contribution < 1.29 is 22.9 Å². The largest absolute Gasteiger partial charge is 0.481 e. The van der Waals surface area contributed by atoms with Gasteiger partial charge in [0, 0.05) is 17.8 Å². The number of nitrogens with two attached hydrogens (primary N) is 1. The highest BCUT2D eigenvalue weighted by Crippen LogP contribution is 2.19. The number of carbonyl (C=O) groups excluding carboxylic acids is 1. The summed E-state index contributed by atoms with van der Waals surface area (Å²) in [6.45, 7) is 1.51. The minimum Gasteiger partial charge on any atom is -0.481 e. The number of nitrogens with one attached hydrogen (secondary N) is 1. The van der Waals surface area contributed by atoms with Crippen LogP contribution in [-0.2, 0) is 14.8 Å². The van der Waals surface area contributed by atoms with E-state index in [-0.39, 0.29) is 10.6 Å². The Hall–Kier alpha value is -2.98. The van der Waals surface area contributed by atoms with Gasteiger partial charge in [-0.1, -0.05) is 0 Å². The molecule has 2 aromatic rings. The number of primary sulfonamides is 1. The summed E-state index contributed by atoms with van der Waals surface area (Å²) in [5.74, 6) is -0.167. The van der Waals surface area contributed by atoms with E-state index < -0.39 is 27.0 Å². The quantitative estimate of drug-likeness (QED) is 0.589. The summed E-state index contributed by atoms with van der Waals surface area (Å²) in [5, 5.41) is 18.1. The fraction of sp³-hybridized carbons (Fsp3) is 0.133.